The van der Waals surface area contributed by atoms with E-state index < -0.39 is 0 Å². The molecule has 0 aliphatic heterocycles. The summed E-state index contributed by atoms with van der Waals surface area (Å²) in [4.78, 5) is 7.59. The van der Waals surface area contributed by atoms with Gasteiger partial charge in [-0.3, -0.25) is 0 Å². The molecule has 0 aromatic carbocycles. The van der Waals surface area contributed by atoms with Crippen molar-refractivity contribution in [3.63, 3.8) is 0 Å². The summed E-state index contributed by atoms with van der Waals surface area (Å²) in [6.45, 7) is 3.95. The predicted octanol–water partition coefficient (Wildman–Crippen LogP) is 2.86. The van der Waals surface area contributed by atoms with Crippen LogP contribution >= 0.6 is 23.4 Å². The van der Waals surface area contributed by atoms with Crippen LogP contribution in [-0.4, -0.2) is 28.5 Å². The van der Waals surface area contributed by atoms with Crippen molar-refractivity contribution in [1.29, 1.82) is 0 Å². The molecular formula is C11H20ClN3S. The molecule has 0 radical (unpaired) electrons. The summed E-state index contributed by atoms with van der Waals surface area (Å²) in [6.07, 6.45) is 5.43. The number of hydrogen-bond donors (Lipinski definition) is 2. The van der Waals surface area contributed by atoms with Crippen molar-refractivity contribution in [2.75, 3.05) is 18.6 Å². The summed E-state index contributed by atoms with van der Waals surface area (Å²) in [7, 11) is 0. The van der Waals surface area contributed by atoms with E-state index in [-0.39, 0.29) is 0 Å². The summed E-state index contributed by atoms with van der Waals surface area (Å²) in [6, 6.07) is 0. The summed E-state index contributed by atoms with van der Waals surface area (Å²) in [5.74, 6) is 2.13. The van der Waals surface area contributed by atoms with Gasteiger partial charge in [0.15, 0.2) is 5.15 Å². The Morgan fingerprint density at radius 2 is 2.31 bits per heavy atom. The van der Waals surface area contributed by atoms with E-state index in [1.165, 1.54) is 6.42 Å². The molecule has 0 aliphatic carbocycles. The first-order valence-corrected chi connectivity index (χ1v) is 7.48. The van der Waals surface area contributed by atoms with Crippen LogP contribution in [0.2, 0.25) is 5.15 Å². The maximum absolute atomic E-state index is 6.05. The van der Waals surface area contributed by atoms with Crippen LogP contribution in [0.4, 0.5) is 0 Å². The van der Waals surface area contributed by atoms with Crippen molar-refractivity contribution >= 4 is 23.4 Å². The van der Waals surface area contributed by atoms with Gasteiger partial charge in [0.25, 0.3) is 0 Å². The van der Waals surface area contributed by atoms with Gasteiger partial charge < -0.3 is 10.3 Å². The van der Waals surface area contributed by atoms with Crippen LogP contribution in [0.15, 0.2) is 0 Å². The molecule has 0 saturated carbocycles. The highest BCUT2D eigenvalue weighted by atomic mass is 35.5. The van der Waals surface area contributed by atoms with Gasteiger partial charge >= 0.3 is 0 Å². The normalized spacial score (nSPS) is 10.9. The average Bonchev–Trinajstić information content (AvgIpc) is 2.63. The first-order chi connectivity index (χ1) is 7.77. The highest BCUT2D eigenvalue weighted by Gasteiger charge is 2.06. The lowest BCUT2D eigenvalue weighted by Gasteiger charge is -2.01. The third-order valence-corrected chi connectivity index (χ3v) is 3.25. The number of H-pyrrole nitrogens is 1. The molecule has 0 atom stereocenters. The van der Waals surface area contributed by atoms with Crippen molar-refractivity contribution in [2.45, 2.75) is 32.7 Å². The van der Waals surface area contributed by atoms with E-state index in [0.717, 1.165) is 43.2 Å². The molecule has 1 aromatic heterocycles. The Kier molecular flexibility index (Phi) is 6.92. The molecular weight excluding hydrogens is 242 g/mol. The van der Waals surface area contributed by atoms with Crippen LogP contribution in [0.25, 0.3) is 0 Å². The predicted molar refractivity (Wildman–Crippen MR) is 72.3 cm³/mol. The Morgan fingerprint density at radius 3 is 3.00 bits per heavy atom. The second-order valence-corrected chi connectivity index (χ2v) is 5.07. The monoisotopic (exact) mass is 261 g/mol. The minimum atomic E-state index is 0.614. The Morgan fingerprint density at radius 1 is 1.50 bits per heavy atom. The van der Waals surface area contributed by atoms with E-state index in [1.54, 1.807) is 0 Å². The zero-order chi connectivity index (χ0) is 11.8. The molecule has 1 rings (SSSR count). The van der Waals surface area contributed by atoms with Gasteiger partial charge in [0, 0.05) is 25.3 Å². The van der Waals surface area contributed by atoms with E-state index >= 15 is 0 Å². The highest BCUT2D eigenvalue weighted by molar-refractivity contribution is 7.98. The number of aromatic amines is 1. The minimum absolute atomic E-state index is 0.614. The van der Waals surface area contributed by atoms with Gasteiger partial charge in [-0.05, 0) is 12.7 Å². The van der Waals surface area contributed by atoms with Crippen LogP contribution in [-0.2, 0) is 13.0 Å². The Hall–Kier alpha value is -0.190. The van der Waals surface area contributed by atoms with Crippen LogP contribution in [0.5, 0.6) is 0 Å². The van der Waals surface area contributed by atoms with E-state index in [2.05, 4.69) is 28.5 Å². The molecule has 0 spiro atoms. The number of halogens is 1. The zero-order valence-corrected chi connectivity index (χ0v) is 11.5. The number of aromatic nitrogens is 2. The SMILES string of the molecule is CCCCc1nc(Cl)c(CNCCSC)[nH]1. The summed E-state index contributed by atoms with van der Waals surface area (Å²) in [5, 5.41) is 3.95. The van der Waals surface area contributed by atoms with Gasteiger partial charge in [0.05, 0.1) is 5.69 Å². The molecule has 0 saturated heterocycles. The molecule has 16 heavy (non-hydrogen) atoms. The Balaban J connectivity index is 2.37. The highest BCUT2D eigenvalue weighted by Crippen LogP contribution is 2.13. The lowest BCUT2D eigenvalue weighted by molar-refractivity contribution is 0.711. The van der Waals surface area contributed by atoms with E-state index in [0.29, 0.717) is 5.15 Å². The van der Waals surface area contributed by atoms with Crippen LogP contribution in [0.1, 0.15) is 31.3 Å². The van der Waals surface area contributed by atoms with Crippen molar-refractivity contribution < 1.29 is 0 Å². The number of nitrogens with one attached hydrogen (secondary N) is 2. The smallest absolute Gasteiger partial charge is 0.151 e. The molecule has 0 bridgehead atoms. The van der Waals surface area contributed by atoms with Gasteiger partial charge in [-0.15, -0.1) is 0 Å². The number of nitrogens with zero attached hydrogens (tertiary/aromatic N) is 1. The fraction of sp³-hybridized carbons (Fsp3) is 0.727. The van der Waals surface area contributed by atoms with Gasteiger partial charge in [0.1, 0.15) is 5.82 Å². The first kappa shape index (κ1) is 13.9. The van der Waals surface area contributed by atoms with Crippen molar-refractivity contribution in [3.8, 4) is 0 Å². The first-order valence-electron chi connectivity index (χ1n) is 5.70. The molecule has 1 aromatic rings. The van der Waals surface area contributed by atoms with Crippen molar-refractivity contribution in [3.05, 3.63) is 16.7 Å². The van der Waals surface area contributed by atoms with Gasteiger partial charge in [-0.25, -0.2) is 4.98 Å². The fourth-order valence-corrected chi connectivity index (χ4v) is 1.97. The minimum Gasteiger partial charge on any atom is -0.344 e. The van der Waals surface area contributed by atoms with Crippen LogP contribution < -0.4 is 5.32 Å². The third-order valence-electron chi connectivity index (χ3n) is 2.33. The second kappa shape index (κ2) is 7.98. The number of aryl methyl sites for hydroxylation is 1. The average molecular weight is 262 g/mol. The summed E-state index contributed by atoms with van der Waals surface area (Å²) in [5.41, 5.74) is 1.01. The molecule has 1 heterocycles. The molecule has 0 amide bonds. The number of rotatable bonds is 8. The van der Waals surface area contributed by atoms with Gasteiger partial charge in [0.2, 0.25) is 0 Å². The topological polar surface area (TPSA) is 40.7 Å². The molecule has 5 heteroatoms. The maximum Gasteiger partial charge on any atom is 0.151 e. The summed E-state index contributed by atoms with van der Waals surface area (Å²) < 4.78 is 0. The standard InChI is InChI=1S/C11H20ClN3S/c1-3-4-5-10-14-9(11(12)15-10)8-13-6-7-16-2/h13H,3-8H2,1-2H3,(H,14,15). The molecule has 0 fully saturated rings. The molecule has 92 valence electrons. The molecule has 0 unspecified atom stereocenters. The van der Waals surface area contributed by atoms with Crippen molar-refractivity contribution in [2.24, 2.45) is 0 Å². The van der Waals surface area contributed by atoms with Gasteiger partial charge in [-0.2, -0.15) is 11.8 Å². The van der Waals surface area contributed by atoms with Crippen LogP contribution in [0, 0.1) is 0 Å². The molecule has 3 nitrogen and oxygen atoms in total. The summed E-state index contributed by atoms with van der Waals surface area (Å²) >= 11 is 7.89. The Labute approximate surface area is 107 Å². The Bertz CT molecular complexity index is 301. The van der Waals surface area contributed by atoms with Gasteiger partial charge in [-0.1, -0.05) is 24.9 Å². The van der Waals surface area contributed by atoms with E-state index in [9.17, 15) is 0 Å². The third kappa shape index (κ3) is 4.76. The molecule has 0 aliphatic rings. The number of unbranched alkanes of at least 4 members (excludes halogenated alkanes) is 1. The largest absolute Gasteiger partial charge is 0.344 e. The number of hydrogen-bond acceptors (Lipinski definition) is 3. The van der Waals surface area contributed by atoms with Crippen molar-refractivity contribution in [1.82, 2.24) is 15.3 Å². The lowest BCUT2D eigenvalue weighted by Crippen LogP contribution is -2.16. The number of imidazole rings is 1. The van der Waals surface area contributed by atoms with E-state index in [4.69, 9.17) is 11.6 Å². The van der Waals surface area contributed by atoms with E-state index in [1.807, 2.05) is 11.8 Å². The number of thioether (sulfide) groups is 1. The lowest BCUT2D eigenvalue weighted by atomic mass is 10.2. The fourth-order valence-electron chi connectivity index (χ4n) is 1.41. The van der Waals surface area contributed by atoms with Crippen LogP contribution in [0.3, 0.4) is 0 Å². The second-order valence-electron chi connectivity index (χ2n) is 3.73. The maximum atomic E-state index is 6.05. The molecule has 2 N–H and O–H groups in total. The zero-order valence-electron chi connectivity index (χ0n) is 9.98. The quantitative estimate of drug-likeness (QED) is 0.707.